The number of carbonyl (C=O) groups is 6. The summed E-state index contributed by atoms with van der Waals surface area (Å²) in [6, 6.07) is 8.30. The number of β-lactam (4-membered cyclic amide) rings is 2. The monoisotopic (exact) mass is 1180 g/mol. The van der Waals surface area contributed by atoms with Crippen molar-refractivity contribution in [1.82, 2.24) is 25.2 Å². The lowest BCUT2D eigenvalue weighted by atomic mass is 9.79. The molecular weight excluding hydrogens is 1120 g/mol. The lowest BCUT2D eigenvalue weighted by Gasteiger charge is -2.46. The Kier molecular flexibility index (Phi) is 21.4. The van der Waals surface area contributed by atoms with Crippen LogP contribution in [0.25, 0.3) is 0 Å². The second kappa shape index (κ2) is 26.5. The van der Waals surface area contributed by atoms with Crippen molar-refractivity contribution in [2.45, 2.75) is 87.4 Å². The number of nitrogens with zero attached hydrogens (tertiary/aromatic N) is 4. The molecule has 6 aliphatic heterocycles. The number of thioether (sulfide) groups is 2. The molecule has 428 valence electrons. The van der Waals surface area contributed by atoms with Crippen LogP contribution in [0.5, 0.6) is 0 Å². The molecule has 4 saturated heterocycles. The van der Waals surface area contributed by atoms with E-state index in [9.17, 15) is 67.6 Å². The fraction of sp³-hybridized carbons (Fsp3) is 0.500. The Morgan fingerprint density at radius 1 is 0.782 bits per heavy atom. The molecule has 0 aromatic heterocycles. The average Bonchev–Trinajstić information content (AvgIpc) is 4.17. The van der Waals surface area contributed by atoms with Crippen molar-refractivity contribution in [3.05, 3.63) is 101 Å². The number of rotatable bonds is 17. The zero-order chi connectivity index (χ0) is 57.0. The summed E-state index contributed by atoms with van der Waals surface area (Å²) in [6.45, 7) is 8.50. The molecule has 0 saturated carbocycles. The number of ether oxygens (including phenoxy) is 2. The minimum absolute atomic E-state index is 0. The largest absolute Gasteiger partial charge is 0.565 e. The van der Waals surface area contributed by atoms with Gasteiger partial charge in [-0.2, -0.15) is 8.42 Å². The lowest BCUT2D eigenvalue weighted by Crippen LogP contribution is -2.63. The molecule has 4 fully saturated rings. The number of amides is 2. The van der Waals surface area contributed by atoms with E-state index in [-0.39, 0.29) is 87.7 Å². The minimum atomic E-state index is -3.85. The smallest absolute Gasteiger partial charge is 0.521 e. The van der Waals surface area contributed by atoms with Gasteiger partial charge in [0.2, 0.25) is 11.8 Å². The van der Waals surface area contributed by atoms with Crippen molar-refractivity contribution in [3.8, 4) is 0 Å². The first-order valence-electron chi connectivity index (χ1n) is 23.4. The van der Waals surface area contributed by atoms with Crippen LogP contribution in [-0.4, -0.2) is 158 Å². The molecule has 12 N–H and O–H groups in total. The number of esters is 4. The summed E-state index contributed by atoms with van der Waals surface area (Å²) in [6.07, 6.45) is -0.503. The number of nitrogens with two attached hydrogens (primary N) is 2. The van der Waals surface area contributed by atoms with Crippen LogP contribution in [0.15, 0.2) is 69.7 Å². The van der Waals surface area contributed by atoms with Gasteiger partial charge in [0.25, 0.3) is 21.6 Å². The minimum Gasteiger partial charge on any atom is -0.565 e. The summed E-state index contributed by atoms with van der Waals surface area (Å²) >= 11 is 2.80. The first-order chi connectivity index (χ1) is 36.2. The zero-order valence-corrected chi connectivity index (χ0v) is 45.0. The van der Waals surface area contributed by atoms with E-state index in [4.69, 9.17) is 35.1 Å². The molecule has 0 aliphatic carbocycles. The van der Waals surface area contributed by atoms with Gasteiger partial charge in [0.05, 0.1) is 57.1 Å². The fourth-order valence-corrected chi connectivity index (χ4v) is 13.3. The molecule has 2 amide bonds. The van der Waals surface area contributed by atoms with E-state index in [2.05, 4.69) is 20.0 Å². The van der Waals surface area contributed by atoms with Crippen molar-refractivity contribution in [2.24, 2.45) is 34.5 Å². The van der Waals surface area contributed by atoms with E-state index < -0.39 is 94.2 Å². The molecule has 6 aliphatic rings. The third kappa shape index (κ3) is 14.2. The molecule has 0 bridgehead atoms. The van der Waals surface area contributed by atoms with E-state index in [1.807, 2.05) is 13.8 Å². The summed E-state index contributed by atoms with van der Waals surface area (Å²) in [4.78, 5) is 110. The fourth-order valence-electron chi connectivity index (χ4n) is 9.81. The third-order valence-electron chi connectivity index (χ3n) is 13.4. The average molecular weight is 1180 g/mol. The molecular formula is C44H58N9O21PS3. The van der Waals surface area contributed by atoms with Gasteiger partial charge >= 0.3 is 32.1 Å². The third-order valence-corrected chi connectivity index (χ3v) is 17.2. The summed E-state index contributed by atoms with van der Waals surface area (Å²) in [5.41, 5.74) is 5.16. The van der Waals surface area contributed by atoms with Crippen LogP contribution >= 0.6 is 31.8 Å². The summed E-state index contributed by atoms with van der Waals surface area (Å²) < 4.78 is 46.5. The number of nitro groups is 2. The van der Waals surface area contributed by atoms with Gasteiger partial charge in [-0.1, -0.05) is 13.8 Å². The lowest BCUT2D eigenvalue weighted by molar-refractivity contribution is -0.385. The Hall–Kier alpha value is -5.75. The number of benzene rings is 2. The number of hydrogen-bond donors (Lipinski definition) is 8. The second-order valence-corrected chi connectivity index (χ2v) is 23.2. The Labute approximate surface area is 454 Å². The van der Waals surface area contributed by atoms with E-state index in [0.29, 0.717) is 35.9 Å². The van der Waals surface area contributed by atoms with E-state index in [1.54, 1.807) is 6.92 Å². The van der Waals surface area contributed by atoms with Crippen LogP contribution in [0.2, 0.25) is 0 Å². The molecule has 1 unspecified atom stereocenters. The summed E-state index contributed by atoms with van der Waals surface area (Å²) in [7, 11) is -6.89. The summed E-state index contributed by atoms with van der Waals surface area (Å²) in [5.74, 6) is -6.77. The van der Waals surface area contributed by atoms with Gasteiger partial charge < -0.3 is 56.2 Å². The Morgan fingerprint density at radius 3 is 1.45 bits per heavy atom. The molecule has 6 heterocycles. The highest BCUT2D eigenvalue weighted by molar-refractivity contribution is 8.04. The quantitative estimate of drug-likeness (QED) is 0.0184. The van der Waals surface area contributed by atoms with Gasteiger partial charge in [0.15, 0.2) is 0 Å². The number of non-ortho nitro benzene ring substituents is 2. The van der Waals surface area contributed by atoms with Gasteiger partial charge in [0, 0.05) is 101 Å². The van der Waals surface area contributed by atoms with Gasteiger partial charge in [0.1, 0.15) is 11.4 Å². The molecule has 8 rings (SSSR count). The first-order valence-corrected chi connectivity index (χ1v) is 27.8. The predicted octanol–water partition coefficient (Wildman–Crippen LogP) is -0.711. The maximum absolute atomic E-state index is 13.2. The van der Waals surface area contributed by atoms with Crippen molar-refractivity contribution in [1.29, 1.82) is 0 Å². The molecule has 2 aromatic rings. The van der Waals surface area contributed by atoms with Gasteiger partial charge in [-0.3, -0.25) is 29.8 Å². The van der Waals surface area contributed by atoms with Crippen molar-refractivity contribution in [2.75, 3.05) is 26.2 Å². The highest BCUT2D eigenvalue weighted by atomic mass is 32.2. The highest BCUT2D eigenvalue weighted by Crippen LogP contribution is 2.53. The number of nitrogens with one attached hydrogen (secondary N) is 3. The Bertz CT molecular complexity index is 2870. The van der Waals surface area contributed by atoms with E-state index in [1.165, 1.54) is 52.4 Å². The predicted molar refractivity (Wildman–Crippen MR) is 274 cm³/mol. The second-order valence-electron chi connectivity index (χ2n) is 18.5. The van der Waals surface area contributed by atoms with Crippen LogP contribution in [0.4, 0.5) is 11.4 Å². The van der Waals surface area contributed by atoms with E-state index >= 15 is 0 Å². The number of hydrogen-bond acceptors (Lipinski definition) is 25. The molecule has 0 spiro atoms. The normalized spacial score (nSPS) is 26.8. The highest BCUT2D eigenvalue weighted by Gasteiger charge is 2.62. The Morgan fingerprint density at radius 2 is 1.14 bits per heavy atom. The molecule has 34 heteroatoms. The molecule has 0 radical (unpaired) electrons. The topological polar surface area (TPSA) is 477 Å². The maximum atomic E-state index is 13.2. The molecule has 30 nitrogen and oxygen atoms in total. The van der Waals surface area contributed by atoms with Crippen LogP contribution in [0.3, 0.4) is 0 Å². The van der Waals surface area contributed by atoms with Crippen molar-refractivity contribution < 1.29 is 93.0 Å². The number of aliphatic hydroxyl groups excluding tert-OH is 2. The standard InChI is InChI=1S/C22H27N5O9S2.C22H26N4O7S.HO4P.H2O.H2/c1-10-17-16(11(2)28)20(29)26(17)18(19(10)37-15-7-13(24-9-15)8-25-38(23,34)35)22(31)36-21(30)12-3-5-14(6-4-12)27(32)33;1-10-17-16(11(2)27)20(28)25(17)18(19(10)34-15-7-13(8-23)24-9-15)22(30)33-21(29)12-3-5-14(6-4-12)26(31)32;1-4-5(2)3;;/h3-6,10-11,13,15-17,24-25,28H,7-9H2,1-2H3,(H2,23,34,35);3-6,10-11,13,15-17,24,27H,7-9,23H2,1-2H3;1H;1H2;1H/t2*10-,11-,13+,15+,16-,17-;;;/m11.../s1. The molecule has 13 atom stereocenters. The zero-order valence-electron chi connectivity index (χ0n) is 41.7. The first kappa shape index (κ1) is 63.1. The number of aliphatic hydroxyl groups is 2. The molecule has 78 heavy (non-hydrogen) atoms. The molecule has 2 aromatic carbocycles. The van der Waals surface area contributed by atoms with Crippen LogP contribution in [0.1, 0.15) is 62.7 Å². The summed E-state index contributed by atoms with van der Waals surface area (Å²) in [5, 5.41) is 60.5. The van der Waals surface area contributed by atoms with Gasteiger partial charge in [-0.15, -0.1) is 23.5 Å². The van der Waals surface area contributed by atoms with Crippen molar-refractivity contribution in [3.63, 3.8) is 0 Å². The van der Waals surface area contributed by atoms with E-state index in [0.717, 1.165) is 42.8 Å². The van der Waals surface area contributed by atoms with Crippen LogP contribution in [-0.2, 0) is 48.1 Å². The van der Waals surface area contributed by atoms with Gasteiger partial charge in [-0.05, 0) is 55.5 Å². The number of fused-ring (bicyclic) bond motifs is 2. The number of nitro benzene ring substituents is 2. The van der Waals surface area contributed by atoms with Crippen LogP contribution in [0, 0.1) is 43.9 Å². The maximum Gasteiger partial charge on any atom is 0.521 e. The SMILES string of the molecule is C[C@@H](O)[C@H]1C(=O)N2C(C(=O)OC(=O)c3ccc([N+](=O)[O-])cc3)=C(S[C@@H]3CN[C@H](CN)C3)[C@H](C)[C@H]12.C[C@@H](O)[C@H]1C(=O)N2C(C(=O)OC(=O)c3ccc([N+](=O)[O-])cc3)=C(S[C@@H]3CN[C@H](CNS(N)(=O)=O)C3)[C@H](C)[C@H]12.O.O=[P+]([O-])OO.[HH]. The number of carbonyl (C=O) groups excluding carboxylic acids is 6. The Balaban J connectivity index is 0.000000308. The van der Waals surface area contributed by atoms with Crippen molar-refractivity contribution >= 4 is 89.1 Å². The van der Waals surface area contributed by atoms with Crippen LogP contribution < -0.4 is 31.1 Å². The van der Waals surface area contributed by atoms with Gasteiger partial charge in [-0.25, -0.2) is 34.3 Å².